The Bertz CT molecular complexity index is 468. The molecule has 1 aromatic carbocycles. The third-order valence-electron chi connectivity index (χ3n) is 3.53. The second kappa shape index (κ2) is 6.37. The van der Waals surface area contributed by atoms with Crippen LogP contribution in [0, 0.1) is 11.7 Å². The quantitative estimate of drug-likeness (QED) is 0.669. The smallest absolute Gasteiger partial charge is 0.191 e. The van der Waals surface area contributed by atoms with Crippen LogP contribution in [-0.2, 0) is 6.54 Å². The Kier molecular flexibility index (Phi) is 4.80. The van der Waals surface area contributed by atoms with Crippen LogP contribution in [0.15, 0.2) is 27.7 Å². The average molecular weight is 328 g/mol. The molecule has 1 aliphatic heterocycles. The van der Waals surface area contributed by atoms with E-state index in [0.717, 1.165) is 36.3 Å². The second-order valence-corrected chi connectivity index (χ2v) is 6.00. The van der Waals surface area contributed by atoms with Gasteiger partial charge < -0.3 is 10.6 Å². The van der Waals surface area contributed by atoms with Crippen LogP contribution in [0.4, 0.5) is 4.39 Å². The van der Waals surface area contributed by atoms with Crippen LogP contribution in [0.25, 0.3) is 0 Å². The summed E-state index contributed by atoms with van der Waals surface area (Å²) < 4.78 is 14.4. The fraction of sp³-hybridized carbons (Fsp3) is 0.500. The van der Waals surface area contributed by atoms with E-state index in [1.807, 2.05) is 0 Å². The van der Waals surface area contributed by atoms with Crippen molar-refractivity contribution in [3.05, 3.63) is 34.1 Å². The van der Waals surface area contributed by atoms with Gasteiger partial charge in [-0.1, -0.05) is 22.9 Å². The Labute approximate surface area is 121 Å². The Morgan fingerprint density at radius 2 is 2.16 bits per heavy atom. The van der Waals surface area contributed by atoms with Crippen LogP contribution >= 0.6 is 15.9 Å². The van der Waals surface area contributed by atoms with Crippen molar-refractivity contribution in [3.63, 3.8) is 0 Å². The molecule has 0 aromatic heterocycles. The molecule has 19 heavy (non-hydrogen) atoms. The first kappa shape index (κ1) is 14.3. The van der Waals surface area contributed by atoms with E-state index in [4.69, 9.17) is 5.73 Å². The van der Waals surface area contributed by atoms with Gasteiger partial charge in [0, 0.05) is 23.1 Å². The Morgan fingerprint density at radius 1 is 1.47 bits per heavy atom. The molecule has 0 saturated carbocycles. The summed E-state index contributed by atoms with van der Waals surface area (Å²) in [5.41, 5.74) is 6.53. The summed E-state index contributed by atoms with van der Waals surface area (Å²) in [6.07, 6.45) is 2.28. The van der Waals surface area contributed by atoms with Gasteiger partial charge in [-0.3, -0.25) is 0 Å². The van der Waals surface area contributed by atoms with Crippen LogP contribution in [0.1, 0.15) is 25.3 Å². The lowest BCUT2D eigenvalue weighted by Gasteiger charge is -2.31. The van der Waals surface area contributed by atoms with Gasteiger partial charge in [0.15, 0.2) is 5.96 Å². The molecule has 0 atom stereocenters. The van der Waals surface area contributed by atoms with Crippen molar-refractivity contribution in [2.24, 2.45) is 16.6 Å². The summed E-state index contributed by atoms with van der Waals surface area (Å²) in [7, 11) is 0. The van der Waals surface area contributed by atoms with Crippen molar-refractivity contribution in [2.75, 3.05) is 13.1 Å². The summed E-state index contributed by atoms with van der Waals surface area (Å²) >= 11 is 3.33. The summed E-state index contributed by atoms with van der Waals surface area (Å²) in [5, 5.41) is 0. The van der Waals surface area contributed by atoms with Crippen molar-refractivity contribution < 1.29 is 4.39 Å². The van der Waals surface area contributed by atoms with Crippen LogP contribution in [0.2, 0.25) is 0 Å². The lowest BCUT2D eigenvalue weighted by Crippen LogP contribution is -2.42. The summed E-state index contributed by atoms with van der Waals surface area (Å²) in [6.45, 7) is 4.42. The van der Waals surface area contributed by atoms with Gasteiger partial charge in [-0.25, -0.2) is 9.38 Å². The fourth-order valence-corrected chi connectivity index (χ4v) is 2.58. The van der Waals surface area contributed by atoms with Crippen molar-refractivity contribution in [1.82, 2.24) is 4.90 Å². The lowest BCUT2D eigenvalue weighted by molar-refractivity contribution is 0.277. The van der Waals surface area contributed by atoms with Crippen molar-refractivity contribution in [1.29, 1.82) is 0 Å². The third kappa shape index (κ3) is 3.93. The van der Waals surface area contributed by atoms with Crippen LogP contribution < -0.4 is 5.73 Å². The average Bonchev–Trinajstić information content (AvgIpc) is 2.40. The molecule has 0 bridgehead atoms. The topological polar surface area (TPSA) is 41.6 Å². The molecule has 0 unspecified atom stereocenters. The molecule has 2 N–H and O–H groups in total. The van der Waals surface area contributed by atoms with Gasteiger partial charge in [0.05, 0.1) is 6.54 Å². The Hall–Kier alpha value is -1.10. The van der Waals surface area contributed by atoms with E-state index in [1.165, 1.54) is 6.07 Å². The zero-order valence-electron chi connectivity index (χ0n) is 11.1. The largest absolute Gasteiger partial charge is 0.370 e. The highest BCUT2D eigenvalue weighted by atomic mass is 79.9. The Morgan fingerprint density at radius 3 is 2.84 bits per heavy atom. The van der Waals surface area contributed by atoms with E-state index >= 15 is 0 Å². The van der Waals surface area contributed by atoms with E-state index in [9.17, 15) is 4.39 Å². The number of likely N-dealkylation sites (tertiary alicyclic amines) is 1. The third-order valence-corrected chi connectivity index (χ3v) is 4.02. The zero-order chi connectivity index (χ0) is 13.8. The molecule has 1 fully saturated rings. The molecular formula is C14H19BrFN3. The van der Waals surface area contributed by atoms with Gasteiger partial charge >= 0.3 is 0 Å². The van der Waals surface area contributed by atoms with E-state index in [1.54, 1.807) is 12.1 Å². The maximum atomic E-state index is 13.6. The molecule has 1 heterocycles. The molecule has 1 aliphatic rings. The number of guanidine groups is 1. The molecule has 104 valence electrons. The van der Waals surface area contributed by atoms with E-state index in [2.05, 4.69) is 32.7 Å². The summed E-state index contributed by atoms with van der Waals surface area (Å²) in [4.78, 5) is 6.38. The number of piperidine rings is 1. The van der Waals surface area contributed by atoms with Crippen LogP contribution in [0.3, 0.4) is 0 Å². The molecule has 2 rings (SSSR count). The molecule has 0 aliphatic carbocycles. The highest BCUT2D eigenvalue weighted by Crippen LogP contribution is 2.18. The van der Waals surface area contributed by atoms with Gasteiger partial charge in [0.2, 0.25) is 0 Å². The minimum absolute atomic E-state index is 0.244. The molecule has 3 nitrogen and oxygen atoms in total. The molecule has 1 saturated heterocycles. The van der Waals surface area contributed by atoms with Crippen molar-refractivity contribution in [3.8, 4) is 0 Å². The number of benzene rings is 1. The first-order valence-electron chi connectivity index (χ1n) is 6.55. The predicted molar refractivity (Wildman–Crippen MR) is 79.4 cm³/mol. The second-order valence-electron chi connectivity index (χ2n) is 5.08. The summed E-state index contributed by atoms with van der Waals surface area (Å²) in [5.74, 6) is 1.03. The molecular weight excluding hydrogens is 309 g/mol. The number of rotatable bonds is 2. The van der Waals surface area contributed by atoms with Gasteiger partial charge in [0.25, 0.3) is 0 Å². The highest BCUT2D eigenvalue weighted by Gasteiger charge is 2.16. The van der Waals surface area contributed by atoms with E-state index < -0.39 is 0 Å². The molecule has 5 heteroatoms. The first-order valence-corrected chi connectivity index (χ1v) is 7.34. The highest BCUT2D eigenvalue weighted by molar-refractivity contribution is 9.10. The van der Waals surface area contributed by atoms with Crippen molar-refractivity contribution >= 4 is 21.9 Å². The van der Waals surface area contributed by atoms with Crippen LogP contribution in [0.5, 0.6) is 0 Å². The predicted octanol–water partition coefficient (Wildman–Crippen LogP) is 3.13. The fourth-order valence-electron chi connectivity index (χ4n) is 2.17. The number of halogens is 2. The van der Waals surface area contributed by atoms with Gasteiger partial charge in [0.1, 0.15) is 5.82 Å². The molecule has 1 aromatic rings. The number of nitrogens with two attached hydrogens (primary N) is 1. The van der Waals surface area contributed by atoms with Gasteiger partial charge in [-0.15, -0.1) is 0 Å². The molecule has 0 amide bonds. The number of hydrogen-bond donors (Lipinski definition) is 1. The normalized spacial score (nSPS) is 17.8. The number of hydrogen-bond acceptors (Lipinski definition) is 1. The Balaban J connectivity index is 1.99. The molecule has 0 spiro atoms. The minimum atomic E-state index is -0.244. The lowest BCUT2D eigenvalue weighted by atomic mass is 10.00. The number of aliphatic imine (C=N–C) groups is 1. The standard InChI is InChI=1S/C14H19BrFN3/c1-10-4-6-19(7-5-10)14(17)18-9-11-8-12(15)2-3-13(11)16/h2-3,8,10H,4-7,9H2,1H3,(H2,17,18). The zero-order valence-corrected chi connectivity index (χ0v) is 12.7. The SMILES string of the molecule is CC1CCN(C(N)=NCc2cc(Br)ccc2F)CC1. The van der Waals surface area contributed by atoms with Crippen LogP contribution in [-0.4, -0.2) is 23.9 Å². The molecule has 0 radical (unpaired) electrons. The number of nitrogens with zero attached hydrogens (tertiary/aromatic N) is 2. The van der Waals surface area contributed by atoms with Crippen molar-refractivity contribution in [2.45, 2.75) is 26.3 Å². The van der Waals surface area contributed by atoms with Gasteiger partial charge in [-0.2, -0.15) is 0 Å². The summed E-state index contributed by atoms with van der Waals surface area (Å²) in [6, 6.07) is 4.86. The van der Waals surface area contributed by atoms with Gasteiger partial charge in [-0.05, 0) is 37.0 Å². The monoisotopic (exact) mass is 327 g/mol. The first-order chi connectivity index (χ1) is 9.06. The minimum Gasteiger partial charge on any atom is -0.370 e. The maximum absolute atomic E-state index is 13.6. The maximum Gasteiger partial charge on any atom is 0.191 e. The van der Waals surface area contributed by atoms with E-state index in [-0.39, 0.29) is 12.4 Å². The van der Waals surface area contributed by atoms with E-state index in [0.29, 0.717) is 11.5 Å².